The van der Waals surface area contributed by atoms with Crippen molar-refractivity contribution < 1.29 is 19.1 Å². The fourth-order valence-corrected chi connectivity index (χ4v) is 5.76. The summed E-state index contributed by atoms with van der Waals surface area (Å²) in [5.41, 5.74) is 0.372. The van der Waals surface area contributed by atoms with Crippen molar-refractivity contribution in [3.8, 4) is 0 Å². The zero-order valence-electron chi connectivity index (χ0n) is 16.3. The Morgan fingerprint density at radius 3 is 2.18 bits per heavy atom. The van der Waals surface area contributed by atoms with E-state index in [1.54, 1.807) is 31.2 Å². The van der Waals surface area contributed by atoms with E-state index in [4.69, 9.17) is 4.74 Å². The van der Waals surface area contributed by atoms with Crippen LogP contribution in [0.3, 0.4) is 0 Å². The highest BCUT2D eigenvalue weighted by atomic mass is 16.5. The van der Waals surface area contributed by atoms with E-state index in [0.717, 1.165) is 37.0 Å². The minimum Gasteiger partial charge on any atom is -0.451 e. The molecule has 0 aliphatic heterocycles. The Bertz CT molecular complexity index is 726. The smallest absolute Gasteiger partial charge is 0.326 e. The van der Waals surface area contributed by atoms with Gasteiger partial charge in [0.25, 0.3) is 11.8 Å². The molecule has 1 aromatic carbocycles. The van der Waals surface area contributed by atoms with Crippen molar-refractivity contribution in [3.63, 3.8) is 0 Å². The maximum atomic E-state index is 12.6. The second kappa shape index (κ2) is 7.57. The highest BCUT2D eigenvalue weighted by molar-refractivity contribution is 5.96. The van der Waals surface area contributed by atoms with Gasteiger partial charge in [0, 0.05) is 11.1 Å². The number of carbonyl (C=O) groups is 3. The van der Waals surface area contributed by atoms with Crippen molar-refractivity contribution in [2.45, 2.75) is 57.1 Å². The molecule has 0 heterocycles. The van der Waals surface area contributed by atoms with Crippen molar-refractivity contribution in [2.75, 3.05) is 6.54 Å². The summed E-state index contributed by atoms with van der Waals surface area (Å²) in [7, 11) is 0. The van der Waals surface area contributed by atoms with Crippen LogP contribution in [0.5, 0.6) is 0 Å². The van der Waals surface area contributed by atoms with E-state index in [2.05, 4.69) is 10.6 Å². The second-order valence-corrected chi connectivity index (χ2v) is 8.87. The predicted molar refractivity (Wildman–Crippen MR) is 103 cm³/mol. The molecule has 0 unspecified atom stereocenters. The summed E-state index contributed by atoms with van der Waals surface area (Å²) in [4.78, 5) is 36.7. The SMILES string of the molecule is C[C@H](OC(=O)CNC(=O)c1ccccc1)C(=O)NC12CC3CC(CC(C3)C1)C2. The first-order valence-corrected chi connectivity index (χ1v) is 10.3. The second-order valence-electron chi connectivity index (χ2n) is 8.87. The van der Waals surface area contributed by atoms with Crippen LogP contribution >= 0.6 is 0 Å². The number of carbonyl (C=O) groups excluding carboxylic acids is 3. The Morgan fingerprint density at radius 2 is 1.61 bits per heavy atom. The summed E-state index contributed by atoms with van der Waals surface area (Å²) >= 11 is 0. The predicted octanol–water partition coefficient (Wildman–Crippen LogP) is 2.43. The van der Waals surface area contributed by atoms with Gasteiger partial charge >= 0.3 is 5.97 Å². The number of amides is 2. The minimum absolute atomic E-state index is 0.103. The lowest BCUT2D eigenvalue weighted by atomic mass is 9.53. The van der Waals surface area contributed by atoms with Crippen LogP contribution in [0.15, 0.2) is 30.3 Å². The molecule has 150 valence electrons. The lowest BCUT2D eigenvalue weighted by molar-refractivity contribution is -0.155. The van der Waals surface area contributed by atoms with Gasteiger partial charge in [-0.05, 0) is 75.3 Å². The van der Waals surface area contributed by atoms with E-state index < -0.39 is 12.1 Å². The summed E-state index contributed by atoms with van der Waals surface area (Å²) in [5, 5.41) is 5.74. The molecule has 2 amide bonds. The standard InChI is InChI=1S/C22H28N2O4/c1-14(28-19(25)13-23-21(27)18-5-3-2-4-6-18)20(26)24-22-10-15-7-16(11-22)9-17(8-15)12-22/h2-6,14-17H,7-13H2,1H3,(H,23,27)(H,24,26)/t14-,15?,16?,17?,22?/m0/s1. The largest absolute Gasteiger partial charge is 0.451 e. The van der Waals surface area contributed by atoms with Crippen LogP contribution in [-0.4, -0.2) is 36.0 Å². The molecule has 1 aromatic rings. The summed E-state index contributed by atoms with van der Waals surface area (Å²) in [6, 6.07) is 8.66. The monoisotopic (exact) mass is 384 g/mol. The van der Waals surface area contributed by atoms with Gasteiger partial charge in [-0.25, -0.2) is 0 Å². The molecule has 0 spiro atoms. The molecule has 4 bridgehead atoms. The summed E-state index contributed by atoms with van der Waals surface area (Å²) < 4.78 is 5.25. The third-order valence-electron chi connectivity index (χ3n) is 6.53. The summed E-state index contributed by atoms with van der Waals surface area (Å²) in [6.07, 6.45) is 6.21. The lowest BCUT2D eigenvalue weighted by Gasteiger charge is -2.57. The fourth-order valence-electron chi connectivity index (χ4n) is 5.76. The Balaban J connectivity index is 1.25. The average Bonchev–Trinajstić information content (AvgIpc) is 2.65. The van der Waals surface area contributed by atoms with Crippen LogP contribution in [0.2, 0.25) is 0 Å². The average molecular weight is 384 g/mol. The number of esters is 1. The normalized spacial score (nSPS) is 31.1. The molecule has 4 saturated carbocycles. The molecule has 4 aliphatic carbocycles. The minimum atomic E-state index is -0.867. The highest BCUT2D eigenvalue weighted by Crippen LogP contribution is 2.55. The zero-order chi connectivity index (χ0) is 19.7. The van der Waals surface area contributed by atoms with Gasteiger partial charge in [0.05, 0.1) is 0 Å². The first kappa shape index (κ1) is 19.0. The molecule has 0 saturated heterocycles. The molecule has 28 heavy (non-hydrogen) atoms. The van der Waals surface area contributed by atoms with Crippen LogP contribution in [-0.2, 0) is 14.3 Å². The van der Waals surface area contributed by atoms with E-state index in [1.807, 2.05) is 6.07 Å². The van der Waals surface area contributed by atoms with Gasteiger partial charge in [0.15, 0.2) is 6.10 Å². The van der Waals surface area contributed by atoms with Gasteiger partial charge in [0.2, 0.25) is 0 Å². The lowest BCUT2D eigenvalue weighted by Crippen LogP contribution is -2.61. The molecule has 0 radical (unpaired) electrons. The molecule has 1 atom stereocenters. The Morgan fingerprint density at radius 1 is 1.04 bits per heavy atom. The topological polar surface area (TPSA) is 84.5 Å². The number of rotatable bonds is 6. The maximum absolute atomic E-state index is 12.6. The number of hydrogen-bond donors (Lipinski definition) is 2. The number of benzene rings is 1. The fraction of sp³-hybridized carbons (Fsp3) is 0.591. The molecule has 4 fully saturated rings. The number of hydrogen-bond acceptors (Lipinski definition) is 4. The molecular formula is C22H28N2O4. The molecule has 6 nitrogen and oxygen atoms in total. The Kier molecular flexibility index (Phi) is 5.13. The quantitative estimate of drug-likeness (QED) is 0.738. The van der Waals surface area contributed by atoms with Gasteiger partial charge < -0.3 is 15.4 Å². The van der Waals surface area contributed by atoms with E-state index in [9.17, 15) is 14.4 Å². The zero-order valence-corrected chi connectivity index (χ0v) is 16.3. The van der Waals surface area contributed by atoms with Crippen LogP contribution in [0.1, 0.15) is 55.8 Å². The van der Waals surface area contributed by atoms with Crippen molar-refractivity contribution in [3.05, 3.63) is 35.9 Å². The van der Waals surface area contributed by atoms with E-state index in [0.29, 0.717) is 5.56 Å². The number of ether oxygens (including phenoxy) is 1. The van der Waals surface area contributed by atoms with E-state index in [1.165, 1.54) is 19.3 Å². The third kappa shape index (κ3) is 4.05. The van der Waals surface area contributed by atoms with Crippen molar-refractivity contribution >= 4 is 17.8 Å². The van der Waals surface area contributed by atoms with Gasteiger partial charge in [-0.2, -0.15) is 0 Å². The molecule has 2 N–H and O–H groups in total. The van der Waals surface area contributed by atoms with Gasteiger partial charge in [-0.3, -0.25) is 14.4 Å². The Labute approximate surface area is 165 Å². The van der Waals surface area contributed by atoms with E-state index in [-0.39, 0.29) is 23.9 Å². The van der Waals surface area contributed by atoms with Gasteiger partial charge in [-0.1, -0.05) is 18.2 Å². The first-order chi connectivity index (χ1) is 13.4. The van der Waals surface area contributed by atoms with Crippen molar-refractivity contribution in [1.29, 1.82) is 0 Å². The van der Waals surface area contributed by atoms with Gasteiger partial charge in [-0.15, -0.1) is 0 Å². The van der Waals surface area contributed by atoms with Crippen molar-refractivity contribution in [2.24, 2.45) is 17.8 Å². The van der Waals surface area contributed by atoms with Crippen molar-refractivity contribution in [1.82, 2.24) is 10.6 Å². The van der Waals surface area contributed by atoms with E-state index >= 15 is 0 Å². The maximum Gasteiger partial charge on any atom is 0.326 e. The third-order valence-corrected chi connectivity index (χ3v) is 6.53. The van der Waals surface area contributed by atoms with Crippen LogP contribution in [0, 0.1) is 17.8 Å². The molecule has 6 heteroatoms. The Hall–Kier alpha value is -2.37. The van der Waals surface area contributed by atoms with Crippen LogP contribution in [0.4, 0.5) is 0 Å². The highest BCUT2D eigenvalue weighted by Gasteiger charge is 2.51. The number of nitrogens with one attached hydrogen (secondary N) is 2. The molecular weight excluding hydrogens is 356 g/mol. The van der Waals surface area contributed by atoms with Gasteiger partial charge in [0.1, 0.15) is 6.54 Å². The van der Waals surface area contributed by atoms with Crippen LogP contribution in [0.25, 0.3) is 0 Å². The molecule has 4 aliphatic rings. The first-order valence-electron chi connectivity index (χ1n) is 10.3. The molecule has 0 aromatic heterocycles. The summed E-state index contributed by atoms with van der Waals surface area (Å²) in [6.45, 7) is 1.33. The summed E-state index contributed by atoms with van der Waals surface area (Å²) in [5.74, 6) is 1.01. The van der Waals surface area contributed by atoms with Crippen LogP contribution < -0.4 is 10.6 Å². The molecule has 5 rings (SSSR count).